The molecule has 0 radical (unpaired) electrons. The maximum atomic E-state index is 12.5. The van der Waals surface area contributed by atoms with E-state index in [2.05, 4.69) is 10.3 Å². The lowest BCUT2D eigenvalue weighted by molar-refractivity contribution is -0.137. The van der Waals surface area contributed by atoms with Crippen molar-refractivity contribution in [3.8, 4) is 0 Å². The van der Waals surface area contributed by atoms with Crippen molar-refractivity contribution in [1.82, 2.24) is 4.98 Å². The normalized spacial score (nSPS) is 11.5. The number of hydrogen-bond acceptors (Lipinski definition) is 4. The molecule has 8 heteroatoms. The first-order chi connectivity index (χ1) is 11.4. The predicted molar refractivity (Wildman–Crippen MR) is 86.1 cm³/mol. The number of nitrogens with zero attached hydrogens (tertiary/aromatic N) is 1. The topological polar surface area (TPSA) is 51.2 Å². The number of aromatic nitrogens is 1. The van der Waals surface area contributed by atoms with E-state index < -0.39 is 11.7 Å². The van der Waals surface area contributed by atoms with Gasteiger partial charge in [0, 0.05) is 37.6 Å². The first-order valence-electron chi connectivity index (χ1n) is 7.28. The molecule has 1 aromatic heterocycles. The van der Waals surface area contributed by atoms with E-state index in [0.29, 0.717) is 31.0 Å². The summed E-state index contributed by atoms with van der Waals surface area (Å²) < 4.78 is 42.5. The van der Waals surface area contributed by atoms with Gasteiger partial charge in [0.15, 0.2) is 5.13 Å². The lowest BCUT2D eigenvalue weighted by atomic mass is 10.1. The van der Waals surface area contributed by atoms with Crippen molar-refractivity contribution in [3.05, 3.63) is 46.5 Å². The quantitative estimate of drug-likeness (QED) is 0.758. The van der Waals surface area contributed by atoms with E-state index in [4.69, 9.17) is 4.74 Å². The molecule has 0 aliphatic carbocycles. The molecule has 0 aliphatic rings. The van der Waals surface area contributed by atoms with Crippen molar-refractivity contribution in [1.29, 1.82) is 0 Å². The summed E-state index contributed by atoms with van der Waals surface area (Å²) in [5.74, 6) is -0.137. The molecule has 130 valence electrons. The first-order valence-corrected chi connectivity index (χ1v) is 8.10. The summed E-state index contributed by atoms with van der Waals surface area (Å²) in [5, 5.41) is 3.19. The van der Waals surface area contributed by atoms with Crippen LogP contribution < -0.4 is 5.32 Å². The fraction of sp³-hybridized carbons (Fsp3) is 0.375. The number of methoxy groups -OCH3 is 1. The molecule has 0 spiro atoms. The SMILES string of the molecule is COCCCC(=O)Nc1ncc(Cc2ccc(C(F)(F)F)cc2)s1. The van der Waals surface area contributed by atoms with E-state index in [1.807, 2.05) is 0 Å². The van der Waals surface area contributed by atoms with Crippen LogP contribution >= 0.6 is 11.3 Å². The fourth-order valence-corrected chi connectivity index (χ4v) is 2.88. The Morgan fingerprint density at radius 3 is 2.62 bits per heavy atom. The Labute approximate surface area is 141 Å². The van der Waals surface area contributed by atoms with E-state index in [1.54, 1.807) is 13.3 Å². The molecule has 0 unspecified atom stereocenters. The number of amides is 1. The first kappa shape index (κ1) is 18.4. The number of anilines is 1. The molecule has 1 N–H and O–H groups in total. The zero-order chi connectivity index (χ0) is 17.6. The molecule has 1 amide bonds. The standard InChI is InChI=1S/C16H17F3N2O2S/c1-23-8-2-3-14(22)21-15-20-10-13(24-15)9-11-4-6-12(7-5-11)16(17,18)19/h4-7,10H,2-3,8-9H2,1H3,(H,20,21,22). The van der Waals surface area contributed by atoms with Crippen LogP contribution in [0.25, 0.3) is 0 Å². The Kier molecular flexibility index (Phi) is 6.33. The van der Waals surface area contributed by atoms with Crippen LogP contribution in [0.15, 0.2) is 30.5 Å². The fourth-order valence-electron chi connectivity index (χ4n) is 2.02. The number of hydrogen-bond donors (Lipinski definition) is 1. The molecule has 0 aliphatic heterocycles. The summed E-state index contributed by atoms with van der Waals surface area (Å²) in [4.78, 5) is 16.7. The van der Waals surface area contributed by atoms with Gasteiger partial charge in [0.25, 0.3) is 0 Å². The molecule has 4 nitrogen and oxygen atoms in total. The van der Waals surface area contributed by atoms with Crippen LogP contribution in [0.3, 0.4) is 0 Å². The van der Waals surface area contributed by atoms with Crippen LogP contribution in [-0.2, 0) is 22.1 Å². The van der Waals surface area contributed by atoms with E-state index >= 15 is 0 Å². The Morgan fingerprint density at radius 2 is 2.00 bits per heavy atom. The molecule has 0 saturated carbocycles. The summed E-state index contributed by atoms with van der Waals surface area (Å²) in [6, 6.07) is 5.03. The van der Waals surface area contributed by atoms with Crippen LogP contribution in [0.5, 0.6) is 0 Å². The highest BCUT2D eigenvalue weighted by Gasteiger charge is 2.29. The Hall–Kier alpha value is -1.93. The summed E-state index contributed by atoms with van der Waals surface area (Å²) >= 11 is 1.31. The minimum Gasteiger partial charge on any atom is -0.385 e. The van der Waals surface area contributed by atoms with Gasteiger partial charge in [-0.1, -0.05) is 12.1 Å². The van der Waals surface area contributed by atoms with Gasteiger partial charge in [0.1, 0.15) is 0 Å². The van der Waals surface area contributed by atoms with Crippen molar-refractivity contribution < 1.29 is 22.7 Å². The number of nitrogens with one attached hydrogen (secondary N) is 1. The highest BCUT2D eigenvalue weighted by molar-refractivity contribution is 7.15. The van der Waals surface area contributed by atoms with Crippen molar-refractivity contribution in [2.45, 2.75) is 25.4 Å². The minimum absolute atomic E-state index is 0.137. The smallest absolute Gasteiger partial charge is 0.385 e. The van der Waals surface area contributed by atoms with Crippen molar-refractivity contribution in [2.75, 3.05) is 19.0 Å². The van der Waals surface area contributed by atoms with Crippen LogP contribution in [0.1, 0.15) is 28.8 Å². The molecule has 2 rings (SSSR count). The van der Waals surface area contributed by atoms with Crippen molar-refractivity contribution >= 4 is 22.4 Å². The van der Waals surface area contributed by atoms with E-state index in [-0.39, 0.29) is 5.91 Å². The maximum absolute atomic E-state index is 12.5. The van der Waals surface area contributed by atoms with Gasteiger partial charge in [-0.15, -0.1) is 11.3 Å². The van der Waals surface area contributed by atoms with Crippen LogP contribution in [0, 0.1) is 0 Å². The molecular weight excluding hydrogens is 341 g/mol. The van der Waals surface area contributed by atoms with Gasteiger partial charge < -0.3 is 10.1 Å². The monoisotopic (exact) mass is 358 g/mol. The number of halogens is 3. The number of alkyl halides is 3. The van der Waals surface area contributed by atoms with Crippen molar-refractivity contribution in [2.24, 2.45) is 0 Å². The molecule has 0 saturated heterocycles. The molecule has 24 heavy (non-hydrogen) atoms. The van der Waals surface area contributed by atoms with E-state index in [1.165, 1.54) is 23.5 Å². The minimum atomic E-state index is -4.33. The number of carbonyl (C=O) groups is 1. The number of benzene rings is 1. The zero-order valence-electron chi connectivity index (χ0n) is 13.0. The molecule has 1 heterocycles. The number of thiazole rings is 1. The van der Waals surface area contributed by atoms with Gasteiger partial charge >= 0.3 is 6.18 Å². The molecule has 1 aromatic carbocycles. The third-order valence-electron chi connectivity index (χ3n) is 3.21. The van der Waals surface area contributed by atoms with Crippen LogP contribution in [0.4, 0.5) is 18.3 Å². The van der Waals surface area contributed by atoms with Gasteiger partial charge in [-0.3, -0.25) is 4.79 Å². The molecule has 0 fully saturated rings. The van der Waals surface area contributed by atoms with E-state index in [9.17, 15) is 18.0 Å². The third-order valence-corrected chi connectivity index (χ3v) is 4.12. The third kappa shape index (κ3) is 5.61. The average molecular weight is 358 g/mol. The van der Waals surface area contributed by atoms with Gasteiger partial charge in [0.05, 0.1) is 5.56 Å². The van der Waals surface area contributed by atoms with Gasteiger partial charge in [0.2, 0.25) is 5.91 Å². The van der Waals surface area contributed by atoms with Crippen molar-refractivity contribution in [3.63, 3.8) is 0 Å². The zero-order valence-corrected chi connectivity index (χ0v) is 13.8. The molecular formula is C16H17F3N2O2S. The maximum Gasteiger partial charge on any atom is 0.416 e. The van der Waals surface area contributed by atoms with Gasteiger partial charge in [-0.2, -0.15) is 13.2 Å². The lowest BCUT2D eigenvalue weighted by Gasteiger charge is -2.06. The number of rotatable bonds is 7. The summed E-state index contributed by atoms with van der Waals surface area (Å²) in [6.45, 7) is 0.518. The number of ether oxygens (including phenoxy) is 1. The second kappa shape index (κ2) is 8.25. The largest absolute Gasteiger partial charge is 0.416 e. The van der Waals surface area contributed by atoms with Crippen LogP contribution in [0.2, 0.25) is 0 Å². The summed E-state index contributed by atoms with van der Waals surface area (Å²) in [5.41, 5.74) is 0.0872. The van der Waals surface area contributed by atoms with Gasteiger partial charge in [-0.25, -0.2) is 4.98 Å². The Balaban J connectivity index is 1.90. The number of carbonyl (C=O) groups excluding carboxylic acids is 1. The predicted octanol–water partition coefficient (Wildman–Crippen LogP) is 4.12. The highest BCUT2D eigenvalue weighted by atomic mass is 32.1. The molecule has 0 bridgehead atoms. The average Bonchev–Trinajstić information content (AvgIpc) is 2.94. The second-order valence-corrected chi connectivity index (χ2v) is 6.26. The van der Waals surface area contributed by atoms with Gasteiger partial charge in [-0.05, 0) is 24.1 Å². The summed E-state index contributed by atoms with van der Waals surface area (Å²) in [7, 11) is 1.58. The summed E-state index contributed by atoms with van der Waals surface area (Å²) in [6.07, 6.45) is -1.26. The molecule has 2 aromatic rings. The van der Waals surface area contributed by atoms with Crippen LogP contribution in [-0.4, -0.2) is 24.6 Å². The highest BCUT2D eigenvalue weighted by Crippen LogP contribution is 2.29. The second-order valence-electron chi connectivity index (χ2n) is 5.15. The Bertz CT molecular complexity index is 669. The lowest BCUT2D eigenvalue weighted by Crippen LogP contribution is -2.11. The molecule has 0 atom stereocenters. The van der Waals surface area contributed by atoms with E-state index in [0.717, 1.165) is 22.6 Å². The Morgan fingerprint density at radius 1 is 1.29 bits per heavy atom.